The second-order valence-electron chi connectivity index (χ2n) is 11.2. The van der Waals surface area contributed by atoms with Crippen LogP contribution in [0.2, 0.25) is 0 Å². The first-order valence-corrected chi connectivity index (χ1v) is 15.7. The molecule has 4 aromatic carbocycles. The molecule has 0 spiro atoms. The molecule has 0 saturated carbocycles. The Morgan fingerprint density at radius 3 is 1.82 bits per heavy atom. The topological polar surface area (TPSA) is 97.4 Å². The minimum Gasteiger partial charge on any atom is -0.458 e. The van der Waals surface area contributed by atoms with Crippen LogP contribution in [0, 0.1) is 22.7 Å². The molecule has 1 heterocycles. The van der Waals surface area contributed by atoms with Crippen molar-refractivity contribution in [2.45, 2.75) is 55.9 Å². The standard InChI is InChI=1S/C37H33BrN4O3/c1-26(43)45-36-34(21-28-12-6-3-7-13-28)41(24-31-16-8-14-29(18-31)22-39)37(44)42(25-32-17-9-15-30(19-32)23-40)35(36)33(38)20-27-10-4-2-5-11-27/h2-19,33-36H,20-21,24-25H2,1H3/t33-,34+,35+,36-/m0/s1. The van der Waals surface area contributed by atoms with Gasteiger partial charge in [-0.05, 0) is 59.4 Å². The van der Waals surface area contributed by atoms with Crippen molar-refractivity contribution in [1.82, 2.24) is 9.80 Å². The first-order valence-electron chi connectivity index (χ1n) is 14.8. The molecule has 1 saturated heterocycles. The molecule has 7 nitrogen and oxygen atoms in total. The number of esters is 1. The number of alkyl halides is 1. The second kappa shape index (κ2) is 14.7. The number of nitriles is 2. The van der Waals surface area contributed by atoms with Gasteiger partial charge in [0.2, 0.25) is 0 Å². The Bertz CT molecular complexity index is 1720. The molecule has 0 aromatic heterocycles. The number of urea groups is 1. The summed E-state index contributed by atoms with van der Waals surface area (Å²) in [6.07, 6.45) is 0.349. The van der Waals surface area contributed by atoms with Gasteiger partial charge in [-0.2, -0.15) is 10.5 Å². The average Bonchev–Trinajstić information content (AvgIpc) is 3.05. The minimum absolute atomic E-state index is 0.209. The summed E-state index contributed by atoms with van der Waals surface area (Å²) >= 11 is 3.94. The van der Waals surface area contributed by atoms with E-state index in [1.807, 2.05) is 72.8 Å². The molecule has 8 heteroatoms. The van der Waals surface area contributed by atoms with Gasteiger partial charge in [0.15, 0.2) is 0 Å². The lowest BCUT2D eigenvalue weighted by Crippen LogP contribution is -2.69. The quantitative estimate of drug-likeness (QED) is 0.138. The lowest BCUT2D eigenvalue weighted by atomic mass is 9.87. The van der Waals surface area contributed by atoms with E-state index in [9.17, 15) is 20.1 Å². The number of benzene rings is 4. The summed E-state index contributed by atoms with van der Waals surface area (Å²) in [6.45, 7) is 1.83. The van der Waals surface area contributed by atoms with Gasteiger partial charge in [0.05, 0.1) is 35.3 Å². The van der Waals surface area contributed by atoms with Crippen molar-refractivity contribution >= 4 is 27.9 Å². The number of nitrogens with zero attached hydrogens (tertiary/aromatic N) is 4. The van der Waals surface area contributed by atoms with Crippen molar-refractivity contribution in [1.29, 1.82) is 10.5 Å². The fraction of sp³-hybridized carbons (Fsp3) is 0.243. The summed E-state index contributed by atoms with van der Waals surface area (Å²) in [4.78, 5) is 30.9. The lowest BCUT2D eigenvalue weighted by Gasteiger charge is -2.52. The van der Waals surface area contributed by atoms with Crippen LogP contribution in [0.1, 0.15) is 40.3 Å². The molecule has 4 aromatic rings. The maximum Gasteiger partial charge on any atom is 0.321 e. The third kappa shape index (κ3) is 7.78. The third-order valence-corrected chi connectivity index (χ3v) is 8.88. The van der Waals surface area contributed by atoms with Gasteiger partial charge in [-0.25, -0.2) is 4.79 Å². The lowest BCUT2D eigenvalue weighted by molar-refractivity contribution is -0.157. The highest BCUT2D eigenvalue weighted by atomic mass is 79.9. The number of amides is 2. The Morgan fingerprint density at radius 2 is 1.29 bits per heavy atom. The molecular weight excluding hydrogens is 628 g/mol. The Hall–Kier alpha value is -4.92. The van der Waals surface area contributed by atoms with Crippen molar-refractivity contribution in [3.8, 4) is 12.1 Å². The Kier molecular flexibility index (Phi) is 10.3. The van der Waals surface area contributed by atoms with Gasteiger partial charge < -0.3 is 14.5 Å². The van der Waals surface area contributed by atoms with Crippen LogP contribution >= 0.6 is 15.9 Å². The number of ether oxygens (including phenoxy) is 1. The summed E-state index contributed by atoms with van der Waals surface area (Å²) in [5.74, 6) is -0.435. The molecule has 1 aliphatic rings. The zero-order valence-electron chi connectivity index (χ0n) is 24.9. The highest BCUT2D eigenvalue weighted by Gasteiger charge is 2.50. The molecule has 0 bridgehead atoms. The maximum absolute atomic E-state index is 14.8. The fourth-order valence-corrected chi connectivity index (χ4v) is 6.99. The number of hydrogen-bond donors (Lipinski definition) is 0. The van der Waals surface area contributed by atoms with Crippen LogP contribution in [0.15, 0.2) is 109 Å². The van der Waals surface area contributed by atoms with E-state index in [1.165, 1.54) is 6.92 Å². The molecule has 0 aliphatic carbocycles. The van der Waals surface area contributed by atoms with E-state index < -0.39 is 24.2 Å². The van der Waals surface area contributed by atoms with Crippen LogP contribution in [0.3, 0.4) is 0 Å². The number of rotatable bonds is 10. The zero-order valence-corrected chi connectivity index (χ0v) is 26.5. The largest absolute Gasteiger partial charge is 0.458 e. The van der Waals surface area contributed by atoms with Crippen LogP contribution in [0.4, 0.5) is 4.79 Å². The molecule has 1 aliphatic heterocycles. The van der Waals surface area contributed by atoms with Crippen LogP contribution < -0.4 is 0 Å². The van der Waals surface area contributed by atoms with E-state index in [0.29, 0.717) is 24.0 Å². The summed E-state index contributed by atoms with van der Waals surface area (Å²) in [7, 11) is 0. The maximum atomic E-state index is 14.8. The van der Waals surface area contributed by atoms with Gasteiger partial charge in [0, 0.05) is 24.8 Å². The van der Waals surface area contributed by atoms with E-state index in [0.717, 1.165) is 22.3 Å². The molecule has 0 radical (unpaired) electrons. The summed E-state index contributed by atoms with van der Waals surface area (Å²) < 4.78 is 6.21. The first-order chi connectivity index (χ1) is 21.9. The third-order valence-electron chi connectivity index (χ3n) is 8.02. The van der Waals surface area contributed by atoms with Gasteiger partial charge in [-0.1, -0.05) is 101 Å². The Morgan fingerprint density at radius 1 is 0.778 bits per heavy atom. The van der Waals surface area contributed by atoms with Crippen molar-refractivity contribution in [2.75, 3.05) is 0 Å². The van der Waals surface area contributed by atoms with Crippen LogP contribution in [0.5, 0.6) is 0 Å². The number of hydrogen-bond acceptors (Lipinski definition) is 5. The highest BCUT2D eigenvalue weighted by molar-refractivity contribution is 9.09. The van der Waals surface area contributed by atoms with Gasteiger partial charge in [0.1, 0.15) is 6.10 Å². The van der Waals surface area contributed by atoms with Crippen LogP contribution in [0.25, 0.3) is 0 Å². The fourth-order valence-electron chi connectivity index (χ4n) is 6.03. The molecule has 5 rings (SSSR count). The molecule has 226 valence electrons. The summed E-state index contributed by atoms with van der Waals surface area (Å²) in [5.41, 5.74) is 4.67. The van der Waals surface area contributed by atoms with Gasteiger partial charge in [-0.3, -0.25) is 4.79 Å². The molecule has 2 amide bonds. The molecule has 4 atom stereocenters. The Balaban J connectivity index is 1.63. The molecule has 45 heavy (non-hydrogen) atoms. The van der Waals surface area contributed by atoms with Crippen molar-refractivity contribution in [2.24, 2.45) is 0 Å². The Labute approximate surface area is 272 Å². The van der Waals surface area contributed by atoms with Gasteiger partial charge in [0.25, 0.3) is 0 Å². The SMILES string of the molecule is CC(=O)O[C@@H]1[C@@H]([C@@H](Br)Cc2ccccc2)N(Cc2cccc(C#N)c2)C(=O)N(Cc2cccc(C#N)c2)[C@@H]1Cc1ccccc1. The smallest absolute Gasteiger partial charge is 0.321 e. The van der Waals surface area contributed by atoms with E-state index in [2.05, 4.69) is 28.1 Å². The average molecular weight is 662 g/mol. The van der Waals surface area contributed by atoms with Crippen LogP contribution in [-0.4, -0.2) is 44.8 Å². The van der Waals surface area contributed by atoms with Gasteiger partial charge >= 0.3 is 12.0 Å². The van der Waals surface area contributed by atoms with E-state index >= 15 is 0 Å². The first kappa shape index (κ1) is 31.5. The minimum atomic E-state index is -0.702. The monoisotopic (exact) mass is 660 g/mol. The van der Waals surface area contributed by atoms with E-state index in [1.54, 1.807) is 46.2 Å². The molecule has 0 unspecified atom stereocenters. The normalized spacial score (nSPS) is 18.5. The van der Waals surface area contributed by atoms with Crippen molar-refractivity contribution in [3.05, 3.63) is 143 Å². The summed E-state index contributed by atoms with van der Waals surface area (Å²) in [5, 5.41) is 19.1. The number of carbonyl (C=O) groups is 2. The second-order valence-corrected chi connectivity index (χ2v) is 12.4. The number of carbonyl (C=O) groups excluding carboxylic acids is 2. The van der Waals surface area contributed by atoms with Gasteiger partial charge in [-0.15, -0.1) is 0 Å². The molecular formula is C37H33BrN4O3. The summed E-state index contributed by atoms with van der Waals surface area (Å²) in [6, 6.07) is 37.4. The van der Waals surface area contributed by atoms with Crippen LogP contribution in [-0.2, 0) is 35.5 Å². The van der Waals surface area contributed by atoms with Crippen molar-refractivity contribution in [3.63, 3.8) is 0 Å². The van der Waals surface area contributed by atoms with E-state index in [-0.39, 0.29) is 23.9 Å². The molecule has 1 fully saturated rings. The zero-order chi connectivity index (χ0) is 31.8. The number of halogens is 1. The predicted octanol–water partition coefficient (Wildman–Crippen LogP) is 6.79. The predicted molar refractivity (Wildman–Crippen MR) is 175 cm³/mol. The highest BCUT2D eigenvalue weighted by Crippen LogP contribution is 2.35. The molecule has 0 N–H and O–H groups in total. The van der Waals surface area contributed by atoms with E-state index in [4.69, 9.17) is 4.74 Å². The van der Waals surface area contributed by atoms with Crippen molar-refractivity contribution < 1.29 is 14.3 Å².